The zero-order valence-electron chi connectivity index (χ0n) is 36.9. The number of fused-ring (bicyclic) bond motifs is 1. The van der Waals surface area contributed by atoms with Crippen molar-refractivity contribution in [3.8, 4) is 11.1 Å². The Morgan fingerprint density at radius 2 is 1.72 bits per heavy atom. The fourth-order valence-corrected chi connectivity index (χ4v) is 7.11. The number of rotatable bonds is 12. The van der Waals surface area contributed by atoms with Gasteiger partial charge in [0.15, 0.2) is 11.6 Å². The molecular formula is C41H42F5N3O3S. The topological polar surface area (TPSA) is 56.3 Å². The third kappa shape index (κ3) is 9.29. The van der Waals surface area contributed by atoms with E-state index < -0.39 is 95.1 Å². The van der Waals surface area contributed by atoms with E-state index in [9.17, 15) is 29.8 Å². The Morgan fingerprint density at radius 3 is 2.38 bits per heavy atom. The number of aliphatic hydroxyl groups excluding tert-OH is 1. The number of carbonyl (C=O) groups is 1. The van der Waals surface area contributed by atoms with Crippen LogP contribution in [0.3, 0.4) is 0 Å². The van der Waals surface area contributed by atoms with Crippen molar-refractivity contribution < 1.29 is 47.6 Å². The van der Waals surface area contributed by atoms with Crippen LogP contribution in [0, 0.1) is 18.6 Å². The van der Waals surface area contributed by atoms with E-state index in [1.165, 1.54) is 43.2 Å². The summed E-state index contributed by atoms with van der Waals surface area (Å²) in [7, 11) is 1.36. The van der Waals surface area contributed by atoms with Crippen molar-refractivity contribution in [2.45, 2.75) is 50.4 Å². The van der Waals surface area contributed by atoms with E-state index in [1.807, 2.05) is 0 Å². The number of anilines is 1. The van der Waals surface area contributed by atoms with Crippen LogP contribution >= 0.6 is 11.8 Å². The van der Waals surface area contributed by atoms with Gasteiger partial charge in [0.25, 0.3) is 0 Å². The zero-order valence-corrected chi connectivity index (χ0v) is 29.7. The quantitative estimate of drug-likeness (QED) is 0.146. The Bertz CT molecular complexity index is 2310. The van der Waals surface area contributed by atoms with Gasteiger partial charge < -0.3 is 24.5 Å². The number of thioether (sulfide) groups is 1. The molecule has 4 aromatic carbocycles. The number of nitrogens with zero attached hydrogens (tertiary/aromatic N) is 3. The molecule has 4 aromatic rings. The number of amides is 1. The summed E-state index contributed by atoms with van der Waals surface area (Å²) in [5.41, 5.74) is -0.422. The summed E-state index contributed by atoms with van der Waals surface area (Å²) < 4.78 is 145. The van der Waals surface area contributed by atoms with Crippen LogP contribution in [0.15, 0.2) is 95.9 Å². The first-order chi connectivity index (χ1) is 28.6. The van der Waals surface area contributed by atoms with E-state index in [0.29, 0.717) is 33.4 Å². The fraction of sp³-hybridized carbons (Fsp3) is 0.341. The summed E-state index contributed by atoms with van der Waals surface area (Å²) in [6.45, 7) is -3.93. The molecule has 0 aliphatic carbocycles. The van der Waals surface area contributed by atoms with Crippen LogP contribution in [0.25, 0.3) is 11.1 Å². The lowest BCUT2D eigenvalue weighted by atomic mass is 9.99. The minimum Gasteiger partial charge on any atom is -0.384 e. The Labute approximate surface area is 322 Å². The highest BCUT2D eigenvalue weighted by molar-refractivity contribution is 8.02. The van der Waals surface area contributed by atoms with E-state index in [0.717, 1.165) is 18.2 Å². The first kappa shape index (κ1) is 29.2. The highest BCUT2D eigenvalue weighted by Crippen LogP contribution is 2.41. The summed E-state index contributed by atoms with van der Waals surface area (Å²) in [6, 6.07) is 11.5. The van der Waals surface area contributed by atoms with Crippen molar-refractivity contribution in [3.63, 3.8) is 0 Å². The van der Waals surface area contributed by atoms with E-state index >= 15 is 4.79 Å². The van der Waals surface area contributed by atoms with Crippen molar-refractivity contribution in [2.75, 3.05) is 44.7 Å². The number of alkyl halides is 3. The molecule has 6 rings (SSSR count). The van der Waals surface area contributed by atoms with Gasteiger partial charge in [0.2, 0.25) is 5.91 Å². The average Bonchev–Trinajstić information content (AvgIpc) is 3.22. The van der Waals surface area contributed by atoms with E-state index in [2.05, 4.69) is 0 Å². The number of methoxy groups -OCH3 is 1. The highest BCUT2D eigenvalue weighted by atomic mass is 32.2. The lowest BCUT2D eigenvalue weighted by Gasteiger charge is -2.40. The van der Waals surface area contributed by atoms with Crippen LogP contribution in [0.2, 0.25) is 0 Å². The summed E-state index contributed by atoms with van der Waals surface area (Å²) in [5.74, 6) is -3.98. The molecule has 53 heavy (non-hydrogen) atoms. The van der Waals surface area contributed by atoms with Gasteiger partial charge >= 0.3 is 6.18 Å². The molecule has 1 unspecified atom stereocenters. The monoisotopic (exact) mass is 759 g/mol. The summed E-state index contributed by atoms with van der Waals surface area (Å²) in [5, 5.41) is 11.0. The molecule has 0 radical (unpaired) electrons. The maximum Gasteiger partial charge on any atom is 0.416 e. The Hall–Kier alpha value is -4.23. The molecule has 1 fully saturated rings. The van der Waals surface area contributed by atoms with Gasteiger partial charge in [-0.2, -0.15) is 13.2 Å². The van der Waals surface area contributed by atoms with Crippen molar-refractivity contribution >= 4 is 23.4 Å². The molecule has 0 spiro atoms. The predicted molar refractivity (Wildman–Crippen MR) is 198 cm³/mol. The molecule has 2 heterocycles. The summed E-state index contributed by atoms with van der Waals surface area (Å²) in [6.07, 6.45) is -6.10. The first-order valence-electron chi connectivity index (χ1n) is 20.8. The van der Waals surface area contributed by atoms with Gasteiger partial charge in [-0.05, 0) is 66.7 Å². The average molecular weight is 760 g/mol. The van der Waals surface area contributed by atoms with Crippen molar-refractivity contribution in [1.29, 1.82) is 0 Å². The Balaban J connectivity index is 1.42. The number of carbonyl (C=O) groups excluding carboxylic acids is 1. The number of halogens is 5. The van der Waals surface area contributed by atoms with E-state index in [-0.39, 0.29) is 55.8 Å². The number of likely N-dealkylation sites (tertiary alicyclic amines) is 1. The molecular weight excluding hydrogens is 710 g/mol. The minimum atomic E-state index is -4.52. The van der Waals surface area contributed by atoms with Gasteiger partial charge in [0, 0.05) is 64.6 Å². The number of piperidine rings is 1. The van der Waals surface area contributed by atoms with Crippen LogP contribution in [-0.4, -0.2) is 66.7 Å². The Morgan fingerprint density at radius 1 is 1.04 bits per heavy atom. The van der Waals surface area contributed by atoms with Crippen molar-refractivity contribution in [2.24, 2.45) is 0 Å². The Kier molecular flexibility index (Phi) is 9.27. The zero-order chi connectivity index (χ0) is 44.8. The third-order valence-corrected chi connectivity index (χ3v) is 9.99. The fourth-order valence-electron chi connectivity index (χ4n) is 6.13. The standard InChI is InChI=1S/C41H42F5N3O3S/c1-27-6-15-36-34(22-27)37(50)23-39(53-26-31-4-3-5-35(42)40(31)43)49(36)25-38(51)48(33-16-18-47(19-17-33)20-21-52-2)24-28-7-9-29(10-8-28)30-11-13-32(14-12-30)41(44,45)46/h3-15,22-23,33,37,50H,16-21,24-26H2,1-2H3/i6D,15D,20D2,22D,23D,25D2. The second-order valence-electron chi connectivity index (χ2n) is 12.6. The molecule has 1 amide bonds. The second kappa shape index (κ2) is 16.8. The van der Waals surface area contributed by atoms with Gasteiger partial charge in [-0.3, -0.25) is 4.79 Å². The SMILES string of the molecule is [2H]C1=C(SCc2cccc(F)c2F)N(C([2H])([2H])C(=O)N(Cc2ccc(-c3ccc(C(F)(F)F)cc3)cc2)C2CCN(C([2H])([2H])COC)CC2)c2c([2H])c([2H])c(C)c([2H])c2C1O. The van der Waals surface area contributed by atoms with Crippen molar-refractivity contribution in [3.05, 3.63) is 135 Å². The molecule has 2 aliphatic heterocycles. The first-order valence-corrected chi connectivity index (χ1v) is 17.7. The minimum absolute atomic E-state index is 0.0400. The highest BCUT2D eigenvalue weighted by Gasteiger charge is 2.33. The number of ether oxygens (including phenoxy) is 1. The lowest BCUT2D eigenvalue weighted by Crippen LogP contribution is -2.50. The molecule has 0 saturated carbocycles. The van der Waals surface area contributed by atoms with Crippen LogP contribution in [0.5, 0.6) is 0 Å². The van der Waals surface area contributed by atoms with Gasteiger partial charge in [-0.1, -0.05) is 66.2 Å². The van der Waals surface area contributed by atoms with E-state index in [1.54, 1.807) is 29.2 Å². The maximum absolute atomic E-state index is 15.1. The largest absolute Gasteiger partial charge is 0.416 e. The van der Waals surface area contributed by atoms with Crippen LogP contribution in [0.4, 0.5) is 27.6 Å². The molecule has 280 valence electrons. The summed E-state index contributed by atoms with van der Waals surface area (Å²) in [4.78, 5) is 18.6. The van der Waals surface area contributed by atoms with E-state index in [4.69, 9.17) is 13.0 Å². The molecule has 0 aromatic heterocycles. The second-order valence-corrected chi connectivity index (χ2v) is 13.5. The normalized spacial score (nSPS) is 19.6. The van der Waals surface area contributed by atoms with Crippen LogP contribution in [0.1, 0.15) is 57.7 Å². The van der Waals surface area contributed by atoms with Gasteiger partial charge in [-0.25, -0.2) is 8.78 Å². The molecule has 2 aliphatic rings. The smallest absolute Gasteiger partial charge is 0.384 e. The summed E-state index contributed by atoms with van der Waals surface area (Å²) >= 11 is 0.599. The van der Waals surface area contributed by atoms with Gasteiger partial charge in [0.05, 0.1) is 25.4 Å². The maximum atomic E-state index is 15.1. The molecule has 1 N–H and O–H groups in total. The number of benzene rings is 4. The molecule has 12 heteroatoms. The molecule has 1 atom stereocenters. The molecule has 1 saturated heterocycles. The predicted octanol–water partition coefficient (Wildman–Crippen LogP) is 8.73. The lowest BCUT2D eigenvalue weighted by molar-refractivity contribution is -0.137. The number of hydrogen-bond acceptors (Lipinski definition) is 6. The molecule has 0 bridgehead atoms. The third-order valence-electron chi connectivity index (χ3n) is 8.96. The number of hydrogen-bond donors (Lipinski definition) is 1. The van der Waals surface area contributed by atoms with Crippen molar-refractivity contribution in [1.82, 2.24) is 9.80 Å². The molecule has 6 nitrogen and oxygen atoms in total. The van der Waals surface area contributed by atoms with Gasteiger partial charge in [0.1, 0.15) is 12.6 Å². The number of aliphatic hydroxyl groups is 1. The van der Waals surface area contributed by atoms with Crippen LogP contribution < -0.4 is 4.90 Å². The van der Waals surface area contributed by atoms with Crippen LogP contribution in [-0.2, 0) is 28.0 Å². The van der Waals surface area contributed by atoms with Gasteiger partial charge in [-0.15, -0.1) is 11.8 Å².